The molecule has 0 spiro atoms. The third kappa shape index (κ3) is 2.32. The van der Waals surface area contributed by atoms with Gasteiger partial charge in [-0.15, -0.1) is 11.3 Å². The Labute approximate surface area is 125 Å². The minimum absolute atomic E-state index is 0.0959. The predicted molar refractivity (Wildman–Crippen MR) is 81.3 cm³/mol. The third-order valence-electron chi connectivity index (χ3n) is 2.89. The second kappa shape index (κ2) is 4.84. The SMILES string of the molecule is Cc1ccc(S(=O)(=O)c2nc3cc(Cl)ccc3s2)cc1. The van der Waals surface area contributed by atoms with Gasteiger partial charge in [-0.25, -0.2) is 13.4 Å². The Bertz CT molecular complexity index is 883. The van der Waals surface area contributed by atoms with Crippen LogP contribution < -0.4 is 0 Å². The average Bonchev–Trinajstić information content (AvgIpc) is 2.83. The molecule has 2 aromatic carbocycles. The van der Waals surface area contributed by atoms with Crippen LogP contribution in [-0.2, 0) is 9.84 Å². The van der Waals surface area contributed by atoms with E-state index >= 15 is 0 Å². The minimum Gasteiger partial charge on any atom is -0.225 e. The number of rotatable bonds is 2. The van der Waals surface area contributed by atoms with E-state index in [-0.39, 0.29) is 9.24 Å². The lowest BCUT2D eigenvalue weighted by Crippen LogP contribution is -2.01. The van der Waals surface area contributed by atoms with E-state index in [0.717, 1.165) is 21.6 Å². The first kappa shape index (κ1) is 13.5. The van der Waals surface area contributed by atoms with Gasteiger partial charge in [0, 0.05) is 5.02 Å². The highest BCUT2D eigenvalue weighted by Gasteiger charge is 2.22. The van der Waals surface area contributed by atoms with Crippen molar-refractivity contribution in [2.45, 2.75) is 16.2 Å². The van der Waals surface area contributed by atoms with E-state index in [2.05, 4.69) is 4.98 Å². The number of hydrogen-bond donors (Lipinski definition) is 0. The lowest BCUT2D eigenvalue weighted by Gasteiger charge is -2.00. The van der Waals surface area contributed by atoms with Crippen molar-refractivity contribution in [1.29, 1.82) is 0 Å². The molecule has 3 rings (SSSR count). The number of aromatic nitrogens is 1. The lowest BCUT2D eigenvalue weighted by atomic mass is 10.2. The molecule has 0 N–H and O–H groups in total. The van der Waals surface area contributed by atoms with Crippen molar-refractivity contribution in [1.82, 2.24) is 4.98 Å². The molecule has 0 saturated carbocycles. The van der Waals surface area contributed by atoms with Crippen molar-refractivity contribution in [2.75, 3.05) is 0 Å². The summed E-state index contributed by atoms with van der Waals surface area (Å²) >= 11 is 7.05. The van der Waals surface area contributed by atoms with E-state index in [0.29, 0.717) is 10.5 Å². The van der Waals surface area contributed by atoms with Crippen molar-refractivity contribution in [3.8, 4) is 0 Å². The van der Waals surface area contributed by atoms with Crippen LogP contribution in [0.25, 0.3) is 10.2 Å². The molecule has 20 heavy (non-hydrogen) atoms. The number of benzene rings is 2. The first-order valence-electron chi connectivity index (χ1n) is 5.85. The summed E-state index contributed by atoms with van der Waals surface area (Å²) in [6.45, 7) is 1.91. The summed E-state index contributed by atoms with van der Waals surface area (Å²) in [6, 6.07) is 11.9. The summed E-state index contributed by atoms with van der Waals surface area (Å²) in [4.78, 5) is 4.45. The first-order chi connectivity index (χ1) is 9.46. The maximum absolute atomic E-state index is 12.5. The topological polar surface area (TPSA) is 47.0 Å². The molecule has 0 unspecified atom stereocenters. The Hall–Kier alpha value is -1.43. The van der Waals surface area contributed by atoms with E-state index in [9.17, 15) is 8.42 Å². The van der Waals surface area contributed by atoms with E-state index in [1.54, 1.807) is 42.5 Å². The van der Waals surface area contributed by atoms with Crippen molar-refractivity contribution >= 4 is 43.0 Å². The van der Waals surface area contributed by atoms with Gasteiger partial charge in [0.1, 0.15) is 0 Å². The fourth-order valence-corrected chi connectivity index (χ4v) is 4.57. The monoisotopic (exact) mass is 323 g/mol. The number of aryl methyl sites for hydroxylation is 1. The molecular formula is C14H10ClNO2S2. The summed E-state index contributed by atoms with van der Waals surface area (Å²) in [6.07, 6.45) is 0. The number of fused-ring (bicyclic) bond motifs is 1. The van der Waals surface area contributed by atoms with Gasteiger partial charge in [-0.1, -0.05) is 29.3 Å². The normalized spacial score (nSPS) is 11.9. The van der Waals surface area contributed by atoms with Gasteiger partial charge in [0.05, 0.1) is 15.1 Å². The summed E-state index contributed by atoms with van der Waals surface area (Å²) in [5, 5.41) is 0.544. The fourth-order valence-electron chi connectivity index (χ4n) is 1.81. The molecule has 6 heteroatoms. The number of nitrogens with zero attached hydrogens (tertiary/aromatic N) is 1. The maximum atomic E-state index is 12.5. The summed E-state index contributed by atoms with van der Waals surface area (Å²) < 4.78 is 25.9. The van der Waals surface area contributed by atoms with Crippen molar-refractivity contribution in [3.63, 3.8) is 0 Å². The van der Waals surface area contributed by atoms with E-state index in [1.807, 2.05) is 6.92 Å². The zero-order valence-corrected chi connectivity index (χ0v) is 12.9. The van der Waals surface area contributed by atoms with Gasteiger partial charge >= 0.3 is 0 Å². The highest BCUT2D eigenvalue weighted by molar-refractivity contribution is 7.93. The average molecular weight is 324 g/mol. The van der Waals surface area contributed by atoms with E-state index in [1.165, 1.54) is 0 Å². The Morgan fingerprint density at radius 3 is 2.50 bits per heavy atom. The van der Waals surface area contributed by atoms with Crippen LogP contribution >= 0.6 is 22.9 Å². The van der Waals surface area contributed by atoms with Crippen LogP contribution in [0.4, 0.5) is 0 Å². The second-order valence-electron chi connectivity index (χ2n) is 4.41. The number of hydrogen-bond acceptors (Lipinski definition) is 4. The molecule has 0 radical (unpaired) electrons. The molecular weight excluding hydrogens is 314 g/mol. The van der Waals surface area contributed by atoms with Crippen LogP contribution in [0.5, 0.6) is 0 Å². The highest BCUT2D eigenvalue weighted by Crippen LogP contribution is 2.31. The Morgan fingerprint density at radius 1 is 1.10 bits per heavy atom. The molecule has 0 aliphatic carbocycles. The van der Waals surface area contributed by atoms with Crippen molar-refractivity contribution < 1.29 is 8.42 Å². The summed E-state index contributed by atoms with van der Waals surface area (Å²) in [5.41, 5.74) is 1.62. The van der Waals surface area contributed by atoms with Gasteiger partial charge < -0.3 is 0 Å². The molecule has 1 aromatic heterocycles. The number of halogens is 1. The number of thiazole rings is 1. The van der Waals surface area contributed by atoms with Gasteiger partial charge in [-0.2, -0.15) is 0 Å². The van der Waals surface area contributed by atoms with Crippen molar-refractivity contribution in [2.24, 2.45) is 0 Å². The van der Waals surface area contributed by atoms with Crippen LogP contribution in [-0.4, -0.2) is 13.4 Å². The van der Waals surface area contributed by atoms with Crippen LogP contribution in [0.1, 0.15) is 5.56 Å². The van der Waals surface area contributed by atoms with Crippen LogP contribution in [0.15, 0.2) is 51.7 Å². The quantitative estimate of drug-likeness (QED) is 0.713. The van der Waals surface area contributed by atoms with Gasteiger partial charge in [0.2, 0.25) is 14.2 Å². The maximum Gasteiger partial charge on any atom is 0.233 e. The van der Waals surface area contributed by atoms with Crippen molar-refractivity contribution in [3.05, 3.63) is 53.1 Å². The standard InChI is InChI=1S/C14H10ClNO2S2/c1-9-2-5-11(6-3-9)20(17,18)14-16-12-8-10(15)4-7-13(12)19-14/h2-8H,1H3. The Morgan fingerprint density at radius 2 is 1.80 bits per heavy atom. The first-order valence-corrected chi connectivity index (χ1v) is 8.52. The van der Waals surface area contributed by atoms with Gasteiger partial charge in [-0.05, 0) is 37.3 Å². The summed E-state index contributed by atoms with van der Waals surface area (Å²) in [5.74, 6) is 0. The Kier molecular flexibility index (Phi) is 3.28. The smallest absolute Gasteiger partial charge is 0.225 e. The zero-order valence-electron chi connectivity index (χ0n) is 10.5. The van der Waals surface area contributed by atoms with Gasteiger partial charge in [0.15, 0.2) is 0 Å². The molecule has 0 bridgehead atoms. The zero-order chi connectivity index (χ0) is 14.3. The minimum atomic E-state index is -3.57. The molecule has 3 aromatic rings. The van der Waals surface area contributed by atoms with Gasteiger partial charge in [-0.3, -0.25) is 0 Å². The second-order valence-corrected chi connectivity index (χ2v) is 8.00. The molecule has 3 nitrogen and oxygen atoms in total. The molecule has 0 saturated heterocycles. The summed E-state index contributed by atoms with van der Waals surface area (Å²) in [7, 11) is -3.57. The largest absolute Gasteiger partial charge is 0.233 e. The molecule has 1 heterocycles. The fraction of sp³-hybridized carbons (Fsp3) is 0.0714. The molecule has 0 aliphatic heterocycles. The highest BCUT2D eigenvalue weighted by atomic mass is 35.5. The Balaban J connectivity index is 2.15. The van der Waals surface area contributed by atoms with Crippen LogP contribution in [0, 0.1) is 6.92 Å². The predicted octanol–water partition coefficient (Wildman–Crippen LogP) is 4.09. The molecule has 0 fully saturated rings. The van der Waals surface area contributed by atoms with Gasteiger partial charge in [0.25, 0.3) is 0 Å². The molecule has 0 aliphatic rings. The van der Waals surface area contributed by atoms with E-state index in [4.69, 9.17) is 11.6 Å². The molecule has 0 amide bonds. The lowest BCUT2D eigenvalue weighted by molar-refractivity contribution is 0.595. The van der Waals surface area contributed by atoms with Crippen LogP contribution in [0.2, 0.25) is 5.02 Å². The third-order valence-corrected chi connectivity index (χ3v) is 6.31. The molecule has 0 atom stereocenters. The van der Waals surface area contributed by atoms with E-state index < -0.39 is 9.84 Å². The van der Waals surface area contributed by atoms with Crippen LogP contribution in [0.3, 0.4) is 0 Å². The number of sulfone groups is 1. The molecule has 102 valence electrons.